The van der Waals surface area contributed by atoms with Gasteiger partial charge < -0.3 is 10.1 Å². The van der Waals surface area contributed by atoms with Gasteiger partial charge in [0.15, 0.2) is 0 Å². The van der Waals surface area contributed by atoms with Crippen molar-refractivity contribution in [3.63, 3.8) is 0 Å². The van der Waals surface area contributed by atoms with E-state index in [4.69, 9.17) is 4.74 Å². The molecule has 0 aliphatic rings. The quantitative estimate of drug-likeness (QED) is 0.524. The van der Waals surface area contributed by atoms with Crippen molar-refractivity contribution >= 4 is 16.8 Å². The van der Waals surface area contributed by atoms with E-state index in [1.54, 1.807) is 25.3 Å². The molecule has 1 amide bonds. The number of aryl methyl sites for hydroxylation is 1. The average Bonchev–Trinajstić information content (AvgIpc) is 3.14. The third-order valence-electron chi connectivity index (χ3n) is 4.84. The Morgan fingerprint density at radius 1 is 1.14 bits per heavy atom. The number of fused-ring (bicyclic) bond motifs is 1. The molecule has 3 aromatic carbocycles. The second-order valence-electron chi connectivity index (χ2n) is 6.83. The van der Waals surface area contributed by atoms with Gasteiger partial charge in [-0.1, -0.05) is 24.3 Å². The SMILES string of the molecule is COc1cccc(CNC(=O)c2cc3c(-c4cccc(F)c4)n[nH]c3cc2C)c1. The molecular weight excluding hydrogens is 369 g/mol. The molecule has 2 N–H and O–H groups in total. The molecule has 0 atom stereocenters. The van der Waals surface area contributed by atoms with Gasteiger partial charge in [-0.3, -0.25) is 9.89 Å². The maximum atomic E-state index is 13.6. The fraction of sp³-hybridized carbons (Fsp3) is 0.130. The fourth-order valence-corrected chi connectivity index (χ4v) is 3.33. The van der Waals surface area contributed by atoms with E-state index >= 15 is 0 Å². The van der Waals surface area contributed by atoms with Crippen LogP contribution in [0, 0.1) is 12.7 Å². The third-order valence-corrected chi connectivity index (χ3v) is 4.84. The number of H-pyrrole nitrogens is 1. The number of nitrogens with one attached hydrogen (secondary N) is 2. The van der Waals surface area contributed by atoms with Crippen LogP contribution >= 0.6 is 0 Å². The number of ether oxygens (including phenoxy) is 1. The maximum Gasteiger partial charge on any atom is 0.251 e. The molecule has 0 radical (unpaired) electrons. The van der Waals surface area contributed by atoms with Crippen molar-refractivity contribution in [2.24, 2.45) is 0 Å². The van der Waals surface area contributed by atoms with Crippen molar-refractivity contribution in [1.29, 1.82) is 0 Å². The van der Waals surface area contributed by atoms with E-state index < -0.39 is 0 Å². The van der Waals surface area contributed by atoms with Gasteiger partial charge in [0.2, 0.25) is 0 Å². The molecule has 0 spiro atoms. The summed E-state index contributed by atoms with van der Waals surface area (Å²) in [6.45, 7) is 2.26. The minimum atomic E-state index is -0.331. The summed E-state index contributed by atoms with van der Waals surface area (Å²) >= 11 is 0. The normalized spacial score (nSPS) is 10.9. The second kappa shape index (κ2) is 7.75. The second-order valence-corrected chi connectivity index (χ2v) is 6.83. The monoisotopic (exact) mass is 389 g/mol. The Morgan fingerprint density at radius 3 is 2.76 bits per heavy atom. The van der Waals surface area contributed by atoms with E-state index in [2.05, 4.69) is 15.5 Å². The molecule has 0 unspecified atom stereocenters. The number of methoxy groups -OCH3 is 1. The van der Waals surface area contributed by atoms with Crippen molar-refractivity contribution in [3.05, 3.63) is 83.2 Å². The molecule has 1 heterocycles. The van der Waals surface area contributed by atoms with Gasteiger partial charge in [-0.05, 0) is 54.4 Å². The molecule has 6 heteroatoms. The first-order valence-electron chi connectivity index (χ1n) is 9.21. The van der Waals surface area contributed by atoms with Crippen molar-refractivity contribution in [2.75, 3.05) is 7.11 Å². The van der Waals surface area contributed by atoms with Gasteiger partial charge in [-0.15, -0.1) is 0 Å². The average molecular weight is 389 g/mol. The highest BCUT2D eigenvalue weighted by Gasteiger charge is 2.15. The van der Waals surface area contributed by atoms with Gasteiger partial charge >= 0.3 is 0 Å². The van der Waals surface area contributed by atoms with Crippen molar-refractivity contribution < 1.29 is 13.9 Å². The molecule has 4 rings (SSSR count). The van der Waals surface area contributed by atoms with E-state index in [1.165, 1.54) is 12.1 Å². The van der Waals surface area contributed by atoms with Crippen molar-refractivity contribution in [1.82, 2.24) is 15.5 Å². The number of aromatic amines is 1. The van der Waals surface area contributed by atoms with Gasteiger partial charge in [0.1, 0.15) is 17.3 Å². The molecule has 0 fully saturated rings. The smallest absolute Gasteiger partial charge is 0.251 e. The van der Waals surface area contributed by atoms with Crippen LogP contribution in [0.3, 0.4) is 0 Å². The summed E-state index contributed by atoms with van der Waals surface area (Å²) in [5.41, 5.74) is 4.39. The number of hydrogen-bond donors (Lipinski definition) is 2. The molecule has 146 valence electrons. The summed E-state index contributed by atoms with van der Waals surface area (Å²) in [7, 11) is 1.61. The van der Waals surface area contributed by atoms with E-state index in [0.29, 0.717) is 23.4 Å². The molecule has 0 aliphatic heterocycles. The Bertz CT molecular complexity index is 1200. The lowest BCUT2D eigenvalue weighted by molar-refractivity contribution is 0.0950. The minimum Gasteiger partial charge on any atom is -0.497 e. The van der Waals surface area contributed by atoms with Crippen molar-refractivity contribution in [2.45, 2.75) is 13.5 Å². The van der Waals surface area contributed by atoms with E-state index in [1.807, 2.05) is 37.3 Å². The molecule has 1 aromatic heterocycles. The maximum absolute atomic E-state index is 13.6. The topological polar surface area (TPSA) is 67.0 Å². The molecule has 0 saturated carbocycles. The summed E-state index contributed by atoms with van der Waals surface area (Å²) in [5.74, 6) is 0.230. The Hall–Kier alpha value is -3.67. The minimum absolute atomic E-state index is 0.182. The number of carbonyl (C=O) groups is 1. The van der Waals surface area contributed by atoms with Gasteiger partial charge in [-0.25, -0.2) is 4.39 Å². The van der Waals surface area contributed by atoms with E-state index in [0.717, 1.165) is 27.8 Å². The molecule has 0 bridgehead atoms. The van der Waals surface area contributed by atoms with E-state index in [9.17, 15) is 9.18 Å². The van der Waals surface area contributed by atoms with Crippen LogP contribution in [0.15, 0.2) is 60.7 Å². The Balaban J connectivity index is 1.63. The van der Waals surface area contributed by atoms with Gasteiger partial charge in [0.05, 0.1) is 12.6 Å². The van der Waals surface area contributed by atoms with Gasteiger partial charge in [-0.2, -0.15) is 5.10 Å². The Labute approximate surface area is 167 Å². The fourth-order valence-electron chi connectivity index (χ4n) is 3.33. The molecule has 29 heavy (non-hydrogen) atoms. The van der Waals surface area contributed by atoms with Crippen LogP contribution < -0.4 is 10.1 Å². The number of hydrogen-bond acceptors (Lipinski definition) is 3. The summed E-state index contributed by atoms with van der Waals surface area (Å²) in [6, 6.07) is 17.5. The molecule has 0 saturated heterocycles. The zero-order chi connectivity index (χ0) is 20.4. The van der Waals surface area contributed by atoms with Crippen LogP contribution in [0.25, 0.3) is 22.2 Å². The lowest BCUT2D eigenvalue weighted by atomic mass is 10.0. The summed E-state index contributed by atoms with van der Waals surface area (Å²) < 4.78 is 18.9. The van der Waals surface area contributed by atoms with E-state index in [-0.39, 0.29) is 11.7 Å². The zero-order valence-electron chi connectivity index (χ0n) is 16.1. The highest BCUT2D eigenvalue weighted by molar-refractivity contribution is 6.02. The number of halogens is 1. The summed E-state index contributed by atoms with van der Waals surface area (Å²) in [6.07, 6.45) is 0. The van der Waals surface area contributed by atoms with Crippen LogP contribution in [-0.4, -0.2) is 23.2 Å². The number of carbonyl (C=O) groups excluding carboxylic acids is 1. The van der Waals surface area contributed by atoms with Crippen molar-refractivity contribution in [3.8, 4) is 17.0 Å². The predicted molar refractivity (Wildman–Crippen MR) is 110 cm³/mol. The summed E-state index contributed by atoms with van der Waals surface area (Å²) in [4.78, 5) is 12.8. The first-order valence-corrected chi connectivity index (χ1v) is 9.21. The molecule has 0 aliphatic carbocycles. The van der Waals surface area contributed by atoms with Crippen LogP contribution in [0.4, 0.5) is 4.39 Å². The largest absolute Gasteiger partial charge is 0.497 e. The van der Waals surface area contributed by atoms with Crippen LogP contribution in [-0.2, 0) is 6.54 Å². The first kappa shape index (κ1) is 18.7. The van der Waals surface area contributed by atoms with Gasteiger partial charge in [0.25, 0.3) is 5.91 Å². The predicted octanol–water partition coefficient (Wildman–Crippen LogP) is 4.62. The number of rotatable bonds is 5. The molecular formula is C23H20FN3O2. The standard InChI is InChI=1S/C23H20FN3O2/c1-14-9-21-20(22(27-26-21)16-6-4-7-17(24)11-16)12-19(14)23(28)25-13-15-5-3-8-18(10-15)29-2/h3-12H,13H2,1-2H3,(H,25,28)(H,26,27). The van der Waals surface area contributed by atoms with Gasteiger partial charge in [0, 0.05) is 23.1 Å². The van der Waals surface area contributed by atoms with Crippen LogP contribution in [0.2, 0.25) is 0 Å². The van der Waals surface area contributed by atoms with Crippen LogP contribution in [0.1, 0.15) is 21.5 Å². The zero-order valence-corrected chi connectivity index (χ0v) is 16.1. The molecule has 4 aromatic rings. The van der Waals surface area contributed by atoms with Crippen LogP contribution in [0.5, 0.6) is 5.75 Å². The lowest BCUT2D eigenvalue weighted by Gasteiger charge is -2.09. The highest BCUT2D eigenvalue weighted by atomic mass is 19.1. The number of nitrogens with zero attached hydrogens (tertiary/aromatic N) is 1. The number of aromatic nitrogens is 2. The Kier molecular flexibility index (Phi) is 4.99. The third kappa shape index (κ3) is 3.82. The number of amides is 1. The lowest BCUT2D eigenvalue weighted by Crippen LogP contribution is -2.23. The number of benzene rings is 3. The Morgan fingerprint density at radius 2 is 1.97 bits per heavy atom. The summed E-state index contributed by atoms with van der Waals surface area (Å²) in [5, 5.41) is 11.0. The first-order chi connectivity index (χ1) is 14.0. The highest BCUT2D eigenvalue weighted by Crippen LogP contribution is 2.29. The molecule has 5 nitrogen and oxygen atoms in total.